The summed E-state index contributed by atoms with van der Waals surface area (Å²) < 4.78 is 12.1. The van der Waals surface area contributed by atoms with Crippen molar-refractivity contribution in [3.8, 4) is 10.6 Å². The van der Waals surface area contributed by atoms with Crippen molar-refractivity contribution >= 4 is 33.3 Å². The van der Waals surface area contributed by atoms with Crippen LogP contribution < -0.4 is 10.6 Å². The number of methoxy groups -OCH3 is 1. The molecule has 0 bridgehead atoms. The largest absolute Gasteiger partial charge is 0.390 e. The predicted molar refractivity (Wildman–Crippen MR) is 166 cm³/mol. The van der Waals surface area contributed by atoms with E-state index in [-0.39, 0.29) is 12.8 Å². The average molecular weight is 603 g/mol. The average Bonchev–Trinajstić information content (AvgIpc) is 3.49. The Hall–Kier alpha value is -2.48. The molecule has 5 N–H and O–H groups in total. The molecule has 2 fully saturated rings. The van der Waals surface area contributed by atoms with E-state index in [0.29, 0.717) is 44.6 Å². The lowest BCUT2D eigenvalue weighted by molar-refractivity contribution is -0.0601. The molecule has 1 saturated carbocycles. The second-order valence-electron chi connectivity index (χ2n) is 12.1. The lowest BCUT2D eigenvalue weighted by Crippen LogP contribution is -2.40. The second kappa shape index (κ2) is 13.0. The smallest absolute Gasteiger partial charge is 0.224 e. The number of fused-ring (bicyclic) bond motifs is 1. The number of anilines is 2. The van der Waals surface area contributed by atoms with E-state index in [1.807, 2.05) is 19.9 Å². The Morgan fingerprint density at radius 2 is 1.86 bits per heavy atom. The van der Waals surface area contributed by atoms with Crippen molar-refractivity contribution in [3.05, 3.63) is 23.7 Å². The van der Waals surface area contributed by atoms with Gasteiger partial charge in [-0.2, -0.15) is 4.98 Å². The van der Waals surface area contributed by atoms with Crippen LogP contribution in [0.5, 0.6) is 0 Å². The van der Waals surface area contributed by atoms with Crippen molar-refractivity contribution in [1.29, 1.82) is 0 Å². The first-order valence-corrected chi connectivity index (χ1v) is 15.1. The van der Waals surface area contributed by atoms with Gasteiger partial charge in [0, 0.05) is 45.6 Å². The fourth-order valence-corrected chi connectivity index (χ4v) is 7.17. The van der Waals surface area contributed by atoms with Crippen molar-refractivity contribution in [2.75, 3.05) is 44.1 Å². The molecule has 12 heteroatoms. The van der Waals surface area contributed by atoms with Crippen LogP contribution in [0.25, 0.3) is 20.8 Å². The van der Waals surface area contributed by atoms with Gasteiger partial charge < -0.3 is 35.4 Å². The SMILES string of the molecule is C.COCCC1(CNc2nc(C)c(-c3nc4c(C)nccc4s3)c(N[C@@H]3C[C@H](C(C)(C)O)[C@@H](O)[C@H]3O)n2)CCOCC1. The van der Waals surface area contributed by atoms with Crippen LogP contribution in [0.15, 0.2) is 12.3 Å². The third-order valence-electron chi connectivity index (χ3n) is 8.72. The van der Waals surface area contributed by atoms with Crippen LogP contribution >= 0.6 is 11.3 Å². The molecule has 1 aliphatic heterocycles. The molecule has 11 nitrogen and oxygen atoms in total. The zero-order valence-electron chi connectivity index (χ0n) is 24.5. The summed E-state index contributed by atoms with van der Waals surface area (Å²) in [6.45, 7) is 9.96. The molecule has 4 atom stereocenters. The highest BCUT2D eigenvalue weighted by molar-refractivity contribution is 7.21. The predicted octanol–water partition coefficient (Wildman–Crippen LogP) is 3.94. The van der Waals surface area contributed by atoms with Crippen molar-refractivity contribution in [1.82, 2.24) is 19.9 Å². The molecule has 3 aromatic heterocycles. The second-order valence-corrected chi connectivity index (χ2v) is 13.1. The van der Waals surface area contributed by atoms with Gasteiger partial charge in [0.15, 0.2) is 0 Å². The van der Waals surface area contributed by atoms with Gasteiger partial charge in [-0.3, -0.25) is 4.98 Å². The Labute approximate surface area is 252 Å². The monoisotopic (exact) mass is 602 g/mol. The van der Waals surface area contributed by atoms with Crippen LogP contribution in [0.1, 0.15) is 58.3 Å². The number of nitrogens with zero attached hydrogens (tertiary/aromatic N) is 4. The quantitative estimate of drug-likeness (QED) is 0.229. The number of pyridine rings is 1. The van der Waals surface area contributed by atoms with Crippen LogP contribution in [0.3, 0.4) is 0 Å². The van der Waals surface area contributed by atoms with Crippen LogP contribution in [0.2, 0.25) is 0 Å². The van der Waals surface area contributed by atoms with Crippen molar-refractivity contribution in [2.45, 2.75) is 84.7 Å². The van der Waals surface area contributed by atoms with Crippen LogP contribution in [-0.2, 0) is 9.47 Å². The highest BCUT2D eigenvalue weighted by atomic mass is 32.1. The van der Waals surface area contributed by atoms with E-state index in [2.05, 4.69) is 15.6 Å². The summed E-state index contributed by atoms with van der Waals surface area (Å²) in [5.41, 5.74) is 2.02. The highest BCUT2D eigenvalue weighted by Crippen LogP contribution is 2.41. The van der Waals surface area contributed by atoms with Gasteiger partial charge >= 0.3 is 0 Å². The Kier molecular flexibility index (Phi) is 10.1. The van der Waals surface area contributed by atoms with E-state index in [1.54, 1.807) is 27.2 Å². The molecule has 0 radical (unpaired) electrons. The molecule has 0 aromatic carbocycles. The molecule has 4 heterocycles. The topological polar surface area (TPSA) is 155 Å². The number of aliphatic hydroxyl groups is 3. The van der Waals surface area contributed by atoms with Gasteiger partial charge in [-0.1, -0.05) is 7.43 Å². The van der Waals surface area contributed by atoms with Crippen LogP contribution in [0.4, 0.5) is 11.8 Å². The van der Waals surface area contributed by atoms with E-state index >= 15 is 0 Å². The molecule has 3 aromatic rings. The van der Waals surface area contributed by atoms with Gasteiger partial charge in [0.2, 0.25) is 5.95 Å². The third-order valence-corrected chi connectivity index (χ3v) is 9.76. The van der Waals surface area contributed by atoms with Crippen molar-refractivity contribution in [3.63, 3.8) is 0 Å². The maximum absolute atomic E-state index is 11.0. The zero-order valence-corrected chi connectivity index (χ0v) is 25.3. The normalized spacial score (nSPS) is 24.0. The minimum atomic E-state index is -1.15. The molecule has 0 spiro atoms. The van der Waals surface area contributed by atoms with E-state index in [1.165, 1.54) is 11.3 Å². The highest BCUT2D eigenvalue weighted by Gasteiger charge is 2.48. The summed E-state index contributed by atoms with van der Waals surface area (Å²) in [5, 5.41) is 40.0. The number of aryl methyl sites for hydroxylation is 2. The molecular formula is C30H46N6O5S. The summed E-state index contributed by atoms with van der Waals surface area (Å²) in [5.74, 6) is 0.502. The first-order chi connectivity index (χ1) is 19.5. The van der Waals surface area contributed by atoms with Gasteiger partial charge in [-0.05, 0) is 64.9 Å². The Morgan fingerprint density at radius 1 is 1.12 bits per heavy atom. The molecule has 0 amide bonds. The summed E-state index contributed by atoms with van der Waals surface area (Å²) in [7, 11) is 1.72. The van der Waals surface area contributed by atoms with Gasteiger partial charge in [0.25, 0.3) is 0 Å². The minimum absolute atomic E-state index is 0. The van der Waals surface area contributed by atoms with Gasteiger partial charge in [0.1, 0.15) is 22.4 Å². The van der Waals surface area contributed by atoms with Crippen molar-refractivity contribution < 1.29 is 24.8 Å². The molecule has 1 saturated heterocycles. The van der Waals surface area contributed by atoms with E-state index in [0.717, 1.165) is 51.4 Å². The molecule has 1 aliphatic carbocycles. The first-order valence-electron chi connectivity index (χ1n) is 14.3. The molecule has 5 rings (SSSR count). The zero-order chi connectivity index (χ0) is 29.4. The molecule has 232 valence electrons. The minimum Gasteiger partial charge on any atom is -0.390 e. The lowest BCUT2D eigenvalue weighted by Gasteiger charge is -2.37. The van der Waals surface area contributed by atoms with Crippen LogP contribution in [0, 0.1) is 25.2 Å². The summed E-state index contributed by atoms with van der Waals surface area (Å²) in [6.07, 6.45) is 2.77. The summed E-state index contributed by atoms with van der Waals surface area (Å²) >= 11 is 1.54. The number of aromatic nitrogens is 4. The third kappa shape index (κ3) is 6.68. The number of ether oxygens (including phenoxy) is 2. The number of aliphatic hydroxyl groups excluding tert-OH is 2. The van der Waals surface area contributed by atoms with Crippen molar-refractivity contribution in [2.24, 2.45) is 11.3 Å². The number of nitrogens with one attached hydrogen (secondary N) is 2. The fraction of sp³-hybridized carbons (Fsp3) is 0.667. The Balaban J connectivity index is 0.00000405. The van der Waals surface area contributed by atoms with Crippen LogP contribution in [-0.4, -0.2) is 92.6 Å². The fourth-order valence-electron chi connectivity index (χ4n) is 6.06. The number of thiazole rings is 1. The number of rotatable bonds is 10. The van der Waals surface area contributed by atoms with E-state index in [9.17, 15) is 15.3 Å². The Morgan fingerprint density at radius 3 is 2.50 bits per heavy atom. The summed E-state index contributed by atoms with van der Waals surface area (Å²) in [4.78, 5) is 19.0. The maximum atomic E-state index is 11.0. The standard InChI is InChI=1S/C29H42N6O5S.CH4/c1-16-21(26-34-22-17(2)30-10-6-20(22)41-26)25(33-19-14-18(28(3,4)38)23(36)24(19)37)35-27(32-16)31-15-29(7-11-39-5)8-12-40-13-9-29;/h6,10,18-19,23-24,36-38H,7-9,11-15H2,1-5H3,(H2,31,32,33,35);1H4/t18-,19+,23+,24-;/m0./s1. The number of hydrogen-bond acceptors (Lipinski definition) is 12. The van der Waals surface area contributed by atoms with Gasteiger partial charge in [-0.15, -0.1) is 11.3 Å². The number of hydrogen-bond donors (Lipinski definition) is 5. The van der Waals surface area contributed by atoms with E-state index in [4.69, 9.17) is 24.4 Å². The maximum Gasteiger partial charge on any atom is 0.224 e. The first kappa shape index (κ1) is 32.4. The molecule has 0 unspecified atom stereocenters. The summed E-state index contributed by atoms with van der Waals surface area (Å²) in [6, 6.07) is 1.42. The van der Waals surface area contributed by atoms with E-state index < -0.39 is 29.8 Å². The lowest BCUT2D eigenvalue weighted by atomic mass is 9.77. The Bertz CT molecular complexity index is 1360. The molecular weight excluding hydrogens is 556 g/mol. The molecule has 2 aliphatic rings. The molecule has 42 heavy (non-hydrogen) atoms. The van der Waals surface area contributed by atoms with Gasteiger partial charge in [-0.25, -0.2) is 9.97 Å². The van der Waals surface area contributed by atoms with Gasteiger partial charge in [0.05, 0.1) is 39.4 Å².